The Bertz CT molecular complexity index is 716. The van der Waals surface area contributed by atoms with Crippen LogP contribution in [0.1, 0.15) is 39.0 Å². The van der Waals surface area contributed by atoms with E-state index in [1.54, 1.807) is 0 Å². The largest absolute Gasteiger partial charge is 0.476 e. The summed E-state index contributed by atoms with van der Waals surface area (Å²) in [7, 11) is 0. The summed E-state index contributed by atoms with van der Waals surface area (Å²) in [6.07, 6.45) is 3.79. The van der Waals surface area contributed by atoms with Crippen LogP contribution in [0.2, 0.25) is 0 Å². The first kappa shape index (κ1) is 14.2. The topological polar surface area (TPSA) is 92.2 Å². The first-order valence-electron chi connectivity index (χ1n) is 6.91. The van der Waals surface area contributed by atoms with Crippen molar-refractivity contribution in [3.63, 3.8) is 0 Å². The molecule has 6 heteroatoms. The Morgan fingerprint density at radius 3 is 2.14 bits per heavy atom. The Morgan fingerprint density at radius 2 is 1.64 bits per heavy atom. The molecule has 22 heavy (non-hydrogen) atoms. The van der Waals surface area contributed by atoms with Gasteiger partial charge < -0.3 is 10.4 Å². The molecular weight excluding hydrogens is 282 g/mol. The van der Waals surface area contributed by atoms with E-state index in [4.69, 9.17) is 5.11 Å². The summed E-state index contributed by atoms with van der Waals surface area (Å²) in [6, 6.07) is 8.10. The van der Waals surface area contributed by atoms with E-state index in [2.05, 4.69) is 27.4 Å². The molecule has 0 spiro atoms. The molecule has 0 saturated carbocycles. The predicted molar refractivity (Wildman–Crippen MR) is 78.7 cm³/mol. The SMILES string of the molecule is CC1(NC(=O)c2cnc(C(=O)O)cn2)Cc2ccccc2C1. The van der Waals surface area contributed by atoms with Crippen LogP contribution in [0.3, 0.4) is 0 Å². The average molecular weight is 297 g/mol. The van der Waals surface area contributed by atoms with Crippen LogP contribution < -0.4 is 5.32 Å². The van der Waals surface area contributed by atoms with Gasteiger partial charge in [0.05, 0.1) is 12.4 Å². The Balaban J connectivity index is 1.73. The maximum absolute atomic E-state index is 12.3. The standard InChI is InChI=1S/C16H15N3O3/c1-16(6-10-4-2-3-5-11(10)7-16)19-14(20)12-8-18-13(9-17-12)15(21)22/h2-5,8-9H,6-7H2,1H3,(H,19,20)(H,21,22). The first-order chi connectivity index (χ1) is 10.5. The molecular formula is C16H15N3O3. The van der Waals surface area contributed by atoms with Gasteiger partial charge in [0.15, 0.2) is 5.69 Å². The number of aromatic nitrogens is 2. The van der Waals surface area contributed by atoms with Gasteiger partial charge in [-0.05, 0) is 30.9 Å². The lowest BCUT2D eigenvalue weighted by Gasteiger charge is -2.25. The highest BCUT2D eigenvalue weighted by atomic mass is 16.4. The van der Waals surface area contributed by atoms with Gasteiger partial charge in [-0.15, -0.1) is 0 Å². The summed E-state index contributed by atoms with van der Waals surface area (Å²) in [5, 5.41) is 11.8. The van der Waals surface area contributed by atoms with E-state index >= 15 is 0 Å². The van der Waals surface area contributed by atoms with Crippen LogP contribution in [-0.4, -0.2) is 32.5 Å². The van der Waals surface area contributed by atoms with Crippen LogP contribution in [-0.2, 0) is 12.8 Å². The van der Waals surface area contributed by atoms with Crippen molar-refractivity contribution >= 4 is 11.9 Å². The fraction of sp³-hybridized carbons (Fsp3) is 0.250. The number of nitrogens with one attached hydrogen (secondary N) is 1. The van der Waals surface area contributed by atoms with Gasteiger partial charge in [-0.3, -0.25) is 4.79 Å². The quantitative estimate of drug-likeness (QED) is 0.895. The maximum atomic E-state index is 12.3. The number of carboxylic acid groups (broad SMARTS) is 1. The molecule has 112 valence electrons. The zero-order valence-electron chi connectivity index (χ0n) is 12.0. The van der Waals surface area contributed by atoms with Gasteiger partial charge in [-0.25, -0.2) is 14.8 Å². The molecule has 0 radical (unpaired) electrons. The third-order valence-corrected chi connectivity index (χ3v) is 3.80. The fourth-order valence-electron chi connectivity index (χ4n) is 2.79. The second-order valence-electron chi connectivity index (χ2n) is 5.73. The normalized spacial score (nSPS) is 15.1. The van der Waals surface area contributed by atoms with E-state index in [0.29, 0.717) is 0 Å². The molecule has 1 amide bonds. The first-order valence-corrected chi connectivity index (χ1v) is 6.91. The Labute approximate surface area is 127 Å². The van der Waals surface area contributed by atoms with Crippen LogP contribution in [0.5, 0.6) is 0 Å². The van der Waals surface area contributed by atoms with Crippen molar-refractivity contribution in [2.24, 2.45) is 0 Å². The van der Waals surface area contributed by atoms with Gasteiger partial charge in [0, 0.05) is 5.54 Å². The molecule has 1 aliphatic rings. The van der Waals surface area contributed by atoms with Crippen molar-refractivity contribution < 1.29 is 14.7 Å². The molecule has 1 heterocycles. The molecule has 2 aromatic rings. The summed E-state index contributed by atoms with van der Waals surface area (Å²) in [5.41, 5.74) is 2.03. The van der Waals surface area contributed by atoms with Crippen molar-refractivity contribution in [1.29, 1.82) is 0 Å². The van der Waals surface area contributed by atoms with E-state index in [-0.39, 0.29) is 22.8 Å². The Morgan fingerprint density at radius 1 is 1.09 bits per heavy atom. The lowest BCUT2D eigenvalue weighted by molar-refractivity contribution is 0.0688. The molecule has 0 aliphatic heterocycles. The number of benzene rings is 1. The Hall–Kier alpha value is -2.76. The minimum Gasteiger partial charge on any atom is -0.476 e. The molecule has 1 aliphatic carbocycles. The highest BCUT2D eigenvalue weighted by molar-refractivity contribution is 5.93. The summed E-state index contributed by atoms with van der Waals surface area (Å²) >= 11 is 0. The lowest BCUT2D eigenvalue weighted by atomic mass is 9.98. The van der Waals surface area contributed by atoms with Crippen LogP contribution >= 0.6 is 0 Å². The van der Waals surface area contributed by atoms with Gasteiger partial charge >= 0.3 is 5.97 Å². The number of carbonyl (C=O) groups excluding carboxylic acids is 1. The summed E-state index contributed by atoms with van der Waals surface area (Å²) in [4.78, 5) is 30.6. The summed E-state index contributed by atoms with van der Waals surface area (Å²) in [5.74, 6) is -1.52. The zero-order valence-corrected chi connectivity index (χ0v) is 12.0. The van der Waals surface area contributed by atoms with Crippen LogP contribution in [0.4, 0.5) is 0 Å². The highest BCUT2D eigenvalue weighted by Gasteiger charge is 2.34. The molecule has 0 fully saturated rings. The van der Waals surface area contributed by atoms with E-state index in [9.17, 15) is 9.59 Å². The van der Waals surface area contributed by atoms with E-state index in [1.165, 1.54) is 17.3 Å². The third kappa shape index (κ3) is 2.67. The molecule has 2 N–H and O–H groups in total. The number of hydrogen-bond donors (Lipinski definition) is 2. The van der Waals surface area contributed by atoms with Crippen molar-refractivity contribution in [1.82, 2.24) is 15.3 Å². The lowest BCUT2D eigenvalue weighted by Crippen LogP contribution is -2.47. The number of aromatic carboxylic acids is 1. The van der Waals surface area contributed by atoms with Gasteiger partial charge in [0.2, 0.25) is 0 Å². The second-order valence-corrected chi connectivity index (χ2v) is 5.73. The molecule has 1 aromatic carbocycles. The van der Waals surface area contributed by atoms with Gasteiger partial charge in [0.1, 0.15) is 5.69 Å². The predicted octanol–water partition coefficient (Wildman–Crippen LogP) is 1.46. The Kier molecular flexibility index (Phi) is 3.36. The van der Waals surface area contributed by atoms with Crippen molar-refractivity contribution in [3.8, 4) is 0 Å². The number of fused-ring (bicyclic) bond motifs is 1. The van der Waals surface area contributed by atoms with Gasteiger partial charge in [-0.2, -0.15) is 0 Å². The number of hydrogen-bond acceptors (Lipinski definition) is 4. The van der Waals surface area contributed by atoms with Crippen molar-refractivity contribution in [2.45, 2.75) is 25.3 Å². The van der Waals surface area contributed by atoms with Crippen LogP contribution in [0.15, 0.2) is 36.7 Å². The fourth-order valence-corrected chi connectivity index (χ4v) is 2.79. The van der Waals surface area contributed by atoms with E-state index in [1.807, 2.05) is 19.1 Å². The monoisotopic (exact) mass is 297 g/mol. The number of carbonyl (C=O) groups is 2. The van der Waals surface area contributed by atoms with Crippen molar-refractivity contribution in [2.75, 3.05) is 0 Å². The molecule has 0 bridgehead atoms. The van der Waals surface area contributed by atoms with E-state index in [0.717, 1.165) is 19.0 Å². The molecule has 3 rings (SSSR count). The molecule has 6 nitrogen and oxygen atoms in total. The highest BCUT2D eigenvalue weighted by Crippen LogP contribution is 2.29. The summed E-state index contributed by atoms with van der Waals surface area (Å²) in [6.45, 7) is 1.99. The van der Waals surface area contributed by atoms with E-state index < -0.39 is 5.97 Å². The van der Waals surface area contributed by atoms with Crippen LogP contribution in [0.25, 0.3) is 0 Å². The smallest absolute Gasteiger partial charge is 0.356 e. The third-order valence-electron chi connectivity index (χ3n) is 3.80. The number of nitrogens with zero attached hydrogens (tertiary/aromatic N) is 2. The van der Waals surface area contributed by atoms with Gasteiger partial charge in [-0.1, -0.05) is 24.3 Å². The molecule has 0 atom stereocenters. The average Bonchev–Trinajstić information content (AvgIpc) is 2.82. The van der Waals surface area contributed by atoms with Gasteiger partial charge in [0.25, 0.3) is 5.91 Å². The minimum absolute atomic E-state index is 0.113. The molecule has 1 aromatic heterocycles. The van der Waals surface area contributed by atoms with Crippen LogP contribution in [0, 0.1) is 0 Å². The van der Waals surface area contributed by atoms with Crippen molar-refractivity contribution in [3.05, 3.63) is 59.2 Å². The number of amides is 1. The summed E-state index contributed by atoms with van der Waals surface area (Å²) < 4.78 is 0. The number of rotatable bonds is 3. The number of carboxylic acids is 1. The zero-order chi connectivity index (χ0) is 15.7. The molecule has 0 unspecified atom stereocenters. The molecule has 0 saturated heterocycles. The second kappa shape index (κ2) is 5.22. The maximum Gasteiger partial charge on any atom is 0.356 e. The minimum atomic E-state index is -1.17.